The van der Waals surface area contributed by atoms with Gasteiger partial charge < -0.3 is 5.11 Å². The van der Waals surface area contributed by atoms with E-state index >= 15 is 0 Å². The maximum absolute atomic E-state index is 10.7. The first kappa shape index (κ1) is 9.45. The van der Waals surface area contributed by atoms with Crippen molar-refractivity contribution in [1.29, 1.82) is 0 Å². The van der Waals surface area contributed by atoms with Gasteiger partial charge in [0.05, 0.1) is 11.9 Å². The number of carboxylic acid groups (broad SMARTS) is 1. The molecule has 0 amide bonds. The molecule has 0 aliphatic rings. The van der Waals surface area contributed by atoms with E-state index in [1.54, 1.807) is 13.8 Å². The first-order valence-electron chi connectivity index (χ1n) is 4.29. The molecular formula is C9H8N4O2. The quantitative estimate of drug-likeness (QED) is 0.736. The van der Waals surface area contributed by atoms with E-state index in [4.69, 9.17) is 5.11 Å². The zero-order chi connectivity index (χ0) is 11.0. The van der Waals surface area contributed by atoms with Crippen molar-refractivity contribution >= 4 is 17.1 Å². The minimum atomic E-state index is -1.11. The van der Waals surface area contributed by atoms with Crippen LogP contribution in [-0.2, 0) is 0 Å². The van der Waals surface area contributed by atoms with Crippen molar-refractivity contribution in [2.45, 2.75) is 13.8 Å². The van der Waals surface area contributed by atoms with Gasteiger partial charge in [-0.15, -0.1) is 0 Å². The maximum Gasteiger partial charge on any atom is 0.356 e. The van der Waals surface area contributed by atoms with Gasteiger partial charge in [0.1, 0.15) is 11.3 Å². The van der Waals surface area contributed by atoms with Crippen molar-refractivity contribution in [2.75, 3.05) is 0 Å². The van der Waals surface area contributed by atoms with E-state index < -0.39 is 5.97 Å². The second-order valence-electron chi connectivity index (χ2n) is 3.09. The minimum Gasteiger partial charge on any atom is -0.476 e. The number of fused-ring (bicyclic) bond motifs is 1. The Morgan fingerprint density at radius 1 is 1.27 bits per heavy atom. The molecule has 0 saturated heterocycles. The first-order chi connectivity index (χ1) is 7.08. The second-order valence-corrected chi connectivity index (χ2v) is 3.09. The summed E-state index contributed by atoms with van der Waals surface area (Å²) >= 11 is 0. The third-order valence-electron chi connectivity index (χ3n) is 1.91. The lowest BCUT2D eigenvalue weighted by molar-refractivity contribution is 0.0690. The Morgan fingerprint density at radius 3 is 2.67 bits per heavy atom. The Hall–Kier alpha value is -2.11. The topological polar surface area (TPSA) is 88.9 Å². The summed E-state index contributed by atoms with van der Waals surface area (Å²) in [6.45, 7) is 3.50. The molecule has 2 heterocycles. The lowest BCUT2D eigenvalue weighted by Gasteiger charge is -2.01. The van der Waals surface area contributed by atoms with Crippen molar-refractivity contribution in [3.05, 3.63) is 23.4 Å². The molecule has 6 heteroatoms. The van der Waals surface area contributed by atoms with Gasteiger partial charge in [-0.05, 0) is 13.8 Å². The predicted octanol–water partition coefficient (Wildman–Crippen LogP) is 0.735. The number of aromatic carboxylic acids is 1. The number of aryl methyl sites for hydroxylation is 2. The molecule has 0 radical (unpaired) electrons. The molecule has 15 heavy (non-hydrogen) atoms. The summed E-state index contributed by atoms with van der Waals surface area (Å²) in [5, 5.41) is 8.75. The smallest absolute Gasteiger partial charge is 0.356 e. The average Bonchev–Trinajstić information content (AvgIpc) is 2.16. The van der Waals surface area contributed by atoms with Gasteiger partial charge in [-0.2, -0.15) is 0 Å². The molecule has 2 aromatic rings. The molecule has 0 unspecified atom stereocenters. The van der Waals surface area contributed by atoms with Crippen LogP contribution in [0.1, 0.15) is 22.0 Å². The van der Waals surface area contributed by atoms with Crippen LogP contribution in [0.5, 0.6) is 0 Å². The van der Waals surface area contributed by atoms with Crippen LogP contribution in [0.25, 0.3) is 11.2 Å². The third-order valence-corrected chi connectivity index (χ3v) is 1.91. The fourth-order valence-electron chi connectivity index (χ4n) is 1.28. The number of carboxylic acids is 1. The average molecular weight is 204 g/mol. The van der Waals surface area contributed by atoms with E-state index in [9.17, 15) is 4.79 Å². The van der Waals surface area contributed by atoms with Crippen LogP contribution in [0.4, 0.5) is 0 Å². The number of hydrogen-bond acceptors (Lipinski definition) is 5. The van der Waals surface area contributed by atoms with Crippen molar-refractivity contribution < 1.29 is 9.90 Å². The molecule has 1 N–H and O–H groups in total. The van der Waals surface area contributed by atoms with Gasteiger partial charge in [-0.3, -0.25) is 0 Å². The summed E-state index contributed by atoms with van der Waals surface area (Å²) in [7, 11) is 0. The van der Waals surface area contributed by atoms with Crippen LogP contribution >= 0.6 is 0 Å². The van der Waals surface area contributed by atoms with Crippen LogP contribution in [0.15, 0.2) is 6.20 Å². The SMILES string of the molecule is Cc1nc(C)c2nc(C(=O)O)cnc2n1. The van der Waals surface area contributed by atoms with Crippen LogP contribution in [0, 0.1) is 13.8 Å². The van der Waals surface area contributed by atoms with Gasteiger partial charge in [-0.1, -0.05) is 0 Å². The molecule has 0 aliphatic carbocycles. The molecule has 0 saturated carbocycles. The van der Waals surface area contributed by atoms with Crippen molar-refractivity contribution in [1.82, 2.24) is 19.9 Å². The van der Waals surface area contributed by atoms with E-state index in [1.165, 1.54) is 6.20 Å². The summed E-state index contributed by atoms with van der Waals surface area (Å²) in [5.41, 5.74) is 1.39. The molecule has 0 aromatic carbocycles. The summed E-state index contributed by atoms with van der Waals surface area (Å²) < 4.78 is 0. The lowest BCUT2D eigenvalue weighted by Crippen LogP contribution is -2.04. The zero-order valence-electron chi connectivity index (χ0n) is 8.22. The van der Waals surface area contributed by atoms with Gasteiger partial charge in [0.15, 0.2) is 11.3 Å². The standard InChI is InChI=1S/C9H8N4O2/c1-4-7-8(12-5(2)11-4)10-3-6(13-7)9(14)15/h3H,1-2H3,(H,14,15). The molecule has 2 aromatic heterocycles. The highest BCUT2D eigenvalue weighted by Gasteiger charge is 2.10. The third kappa shape index (κ3) is 1.61. The predicted molar refractivity (Wildman–Crippen MR) is 51.6 cm³/mol. The Bertz CT molecular complexity index is 553. The molecule has 0 atom stereocenters. The molecule has 0 aliphatic heterocycles. The molecular weight excluding hydrogens is 196 g/mol. The van der Waals surface area contributed by atoms with Gasteiger partial charge in [-0.25, -0.2) is 24.7 Å². The van der Waals surface area contributed by atoms with Crippen molar-refractivity contribution in [3.8, 4) is 0 Å². The normalized spacial score (nSPS) is 10.5. The summed E-state index contributed by atoms with van der Waals surface area (Å²) in [6, 6.07) is 0. The second kappa shape index (κ2) is 3.23. The Kier molecular flexibility index (Phi) is 2.03. The van der Waals surface area contributed by atoms with E-state index in [0.29, 0.717) is 22.7 Å². The number of nitrogens with zero attached hydrogens (tertiary/aromatic N) is 4. The molecule has 76 valence electrons. The monoisotopic (exact) mass is 204 g/mol. The van der Waals surface area contributed by atoms with E-state index in [1.807, 2.05) is 0 Å². The van der Waals surface area contributed by atoms with Crippen LogP contribution in [0.3, 0.4) is 0 Å². The van der Waals surface area contributed by atoms with E-state index in [2.05, 4.69) is 19.9 Å². The summed E-state index contributed by atoms with van der Waals surface area (Å²) in [4.78, 5) is 26.7. The van der Waals surface area contributed by atoms with Gasteiger partial charge in [0.25, 0.3) is 0 Å². The molecule has 0 bridgehead atoms. The minimum absolute atomic E-state index is 0.0990. The van der Waals surface area contributed by atoms with Crippen LogP contribution < -0.4 is 0 Å². The highest BCUT2D eigenvalue weighted by Crippen LogP contribution is 2.10. The van der Waals surface area contributed by atoms with E-state index in [0.717, 1.165) is 0 Å². The number of hydrogen-bond donors (Lipinski definition) is 1. The zero-order valence-corrected chi connectivity index (χ0v) is 8.22. The molecule has 0 spiro atoms. The highest BCUT2D eigenvalue weighted by molar-refractivity contribution is 5.87. The number of carbonyl (C=O) groups is 1. The van der Waals surface area contributed by atoms with Gasteiger partial charge in [0.2, 0.25) is 0 Å². The molecule has 0 fully saturated rings. The Balaban J connectivity index is 2.76. The first-order valence-corrected chi connectivity index (χ1v) is 4.29. The Morgan fingerprint density at radius 2 is 2.00 bits per heavy atom. The Labute approximate surface area is 85.0 Å². The maximum atomic E-state index is 10.7. The number of aromatic nitrogens is 4. The summed E-state index contributed by atoms with van der Waals surface area (Å²) in [5.74, 6) is -0.512. The lowest BCUT2D eigenvalue weighted by atomic mass is 10.3. The van der Waals surface area contributed by atoms with Crippen molar-refractivity contribution in [2.24, 2.45) is 0 Å². The van der Waals surface area contributed by atoms with Crippen LogP contribution in [-0.4, -0.2) is 31.0 Å². The van der Waals surface area contributed by atoms with E-state index in [-0.39, 0.29) is 5.69 Å². The summed E-state index contributed by atoms with van der Waals surface area (Å²) in [6.07, 6.45) is 1.19. The van der Waals surface area contributed by atoms with Crippen LogP contribution in [0.2, 0.25) is 0 Å². The van der Waals surface area contributed by atoms with Gasteiger partial charge >= 0.3 is 5.97 Å². The fourth-order valence-corrected chi connectivity index (χ4v) is 1.28. The van der Waals surface area contributed by atoms with Crippen molar-refractivity contribution in [3.63, 3.8) is 0 Å². The molecule has 2 rings (SSSR count). The fraction of sp³-hybridized carbons (Fsp3) is 0.222. The van der Waals surface area contributed by atoms with Gasteiger partial charge in [0, 0.05) is 0 Å². The largest absolute Gasteiger partial charge is 0.476 e. The number of rotatable bonds is 1. The molecule has 6 nitrogen and oxygen atoms in total. The highest BCUT2D eigenvalue weighted by atomic mass is 16.4.